The first kappa shape index (κ1) is 23.3. The van der Waals surface area contributed by atoms with Crippen molar-refractivity contribution in [2.75, 3.05) is 16.8 Å². The summed E-state index contributed by atoms with van der Waals surface area (Å²) in [5.74, 6) is -1.96. The highest BCUT2D eigenvalue weighted by Crippen LogP contribution is 2.37. The number of anilines is 2. The summed E-state index contributed by atoms with van der Waals surface area (Å²) < 4.78 is 57.8. The second-order valence-electron chi connectivity index (χ2n) is 8.13. The Morgan fingerprint density at radius 1 is 0.972 bits per heavy atom. The standard InChI is InChI=1S/C26H17F4N3O3/c27-21-10-7-16(13-20(21)26(28,29)30)24(34)32-18-8-5-15(6-9-18)25(35)33-12-11-17-14-31-36-23(17)19-3-1-2-4-22(19)33/h1-10,13-14H,11-12H2,(H,32,34). The number of carbonyl (C=O) groups excluding carboxylic acids is 2. The Morgan fingerprint density at radius 2 is 1.69 bits per heavy atom. The summed E-state index contributed by atoms with van der Waals surface area (Å²) >= 11 is 0. The maximum atomic E-state index is 13.5. The maximum Gasteiger partial charge on any atom is 0.419 e. The first-order chi connectivity index (χ1) is 17.2. The third-order valence-corrected chi connectivity index (χ3v) is 5.86. The van der Waals surface area contributed by atoms with Crippen molar-refractivity contribution in [3.8, 4) is 11.3 Å². The molecule has 4 aromatic rings. The van der Waals surface area contributed by atoms with Crippen LogP contribution in [0.1, 0.15) is 31.8 Å². The predicted octanol–water partition coefficient (Wildman–Crippen LogP) is 5.95. The van der Waals surface area contributed by atoms with E-state index in [0.717, 1.165) is 17.2 Å². The van der Waals surface area contributed by atoms with Crippen LogP contribution >= 0.6 is 0 Å². The summed E-state index contributed by atoms with van der Waals surface area (Å²) in [6, 6.07) is 15.3. The lowest BCUT2D eigenvalue weighted by atomic mass is 10.1. The minimum atomic E-state index is -4.93. The molecule has 0 radical (unpaired) electrons. The molecule has 36 heavy (non-hydrogen) atoms. The zero-order valence-electron chi connectivity index (χ0n) is 18.5. The molecule has 0 bridgehead atoms. The van der Waals surface area contributed by atoms with Crippen molar-refractivity contribution in [1.82, 2.24) is 5.16 Å². The molecule has 0 unspecified atom stereocenters. The Morgan fingerprint density at radius 3 is 2.44 bits per heavy atom. The van der Waals surface area contributed by atoms with Gasteiger partial charge in [0.2, 0.25) is 0 Å². The summed E-state index contributed by atoms with van der Waals surface area (Å²) in [5, 5.41) is 6.32. The highest BCUT2D eigenvalue weighted by atomic mass is 19.4. The molecule has 1 N–H and O–H groups in total. The average molecular weight is 495 g/mol. The Balaban J connectivity index is 1.35. The van der Waals surface area contributed by atoms with Crippen LogP contribution in [0.2, 0.25) is 0 Å². The smallest absolute Gasteiger partial charge is 0.356 e. The van der Waals surface area contributed by atoms with E-state index in [1.807, 2.05) is 24.3 Å². The highest BCUT2D eigenvalue weighted by Gasteiger charge is 2.34. The number of aromatic nitrogens is 1. The lowest BCUT2D eigenvalue weighted by Gasteiger charge is -2.23. The van der Waals surface area contributed by atoms with Crippen molar-refractivity contribution in [2.45, 2.75) is 12.6 Å². The van der Waals surface area contributed by atoms with Gasteiger partial charge in [0.1, 0.15) is 5.82 Å². The van der Waals surface area contributed by atoms with E-state index in [9.17, 15) is 27.2 Å². The number of nitrogens with zero attached hydrogens (tertiary/aromatic N) is 2. The number of carbonyl (C=O) groups is 2. The van der Waals surface area contributed by atoms with Gasteiger partial charge < -0.3 is 14.7 Å². The zero-order chi connectivity index (χ0) is 25.4. The average Bonchev–Trinajstić information content (AvgIpc) is 3.27. The van der Waals surface area contributed by atoms with E-state index in [0.29, 0.717) is 42.1 Å². The third kappa shape index (κ3) is 4.33. The number of nitrogens with one attached hydrogen (secondary N) is 1. The zero-order valence-corrected chi connectivity index (χ0v) is 18.5. The molecule has 1 aromatic heterocycles. The number of fused-ring (bicyclic) bond motifs is 3. The predicted molar refractivity (Wildman–Crippen MR) is 123 cm³/mol. The van der Waals surface area contributed by atoms with Gasteiger partial charge in [0.25, 0.3) is 11.8 Å². The van der Waals surface area contributed by atoms with Gasteiger partial charge in [-0.2, -0.15) is 13.2 Å². The van der Waals surface area contributed by atoms with Crippen molar-refractivity contribution < 1.29 is 31.7 Å². The molecular weight excluding hydrogens is 478 g/mol. The van der Waals surface area contributed by atoms with Gasteiger partial charge in [-0.3, -0.25) is 9.59 Å². The van der Waals surface area contributed by atoms with E-state index in [-0.39, 0.29) is 17.2 Å². The van der Waals surface area contributed by atoms with Gasteiger partial charge in [0.15, 0.2) is 5.76 Å². The van der Waals surface area contributed by atoms with Crippen LogP contribution in [0, 0.1) is 5.82 Å². The molecule has 1 aliphatic rings. The number of amides is 2. The molecule has 0 saturated heterocycles. The Bertz CT molecular complexity index is 1460. The first-order valence-electron chi connectivity index (χ1n) is 10.9. The minimum Gasteiger partial charge on any atom is -0.356 e. The number of hydrogen-bond acceptors (Lipinski definition) is 4. The Kier molecular flexibility index (Phi) is 5.79. The summed E-state index contributed by atoms with van der Waals surface area (Å²) in [6.07, 6.45) is -2.75. The van der Waals surface area contributed by atoms with E-state index in [2.05, 4.69) is 10.5 Å². The van der Waals surface area contributed by atoms with Crippen LogP contribution in [0.15, 0.2) is 77.4 Å². The summed E-state index contributed by atoms with van der Waals surface area (Å²) in [6.45, 7) is 0.397. The largest absolute Gasteiger partial charge is 0.419 e. The van der Waals surface area contributed by atoms with Crippen LogP contribution in [-0.2, 0) is 12.6 Å². The molecule has 6 nitrogen and oxygen atoms in total. The van der Waals surface area contributed by atoms with Crippen LogP contribution in [-0.4, -0.2) is 23.5 Å². The van der Waals surface area contributed by atoms with Crippen molar-refractivity contribution in [1.29, 1.82) is 0 Å². The highest BCUT2D eigenvalue weighted by molar-refractivity contribution is 6.09. The van der Waals surface area contributed by atoms with Gasteiger partial charge in [-0.05, 0) is 61.0 Å². The molecule has 0 fully saturated rings. The SMILES string of the molecule is O=C(Nc1ccc(C(=O)N2CCc3cnoc3-c3ccccc32)cc1)c1ccc(F)c(C(F)(F)F)c1. The fraction of sp³-hybridized carbons (Fsp3) is 0.115. The second kappa shape index (κ2) is 8.95. The molecule has 3 aromatic carbocycles. The van der Waals surface area contributed by atoms with E-state index < -0.39 is 23.5 Å². The number of rotatable bonds is 3. The summed E-state index contributed by atoms with van der Waals surface area (Å²) in [4.78, 5) is 27.4. The molecular formula is C26H17F4N3O3. The van der Waals surface area contributed by atoms with Gasteiger partial charge in [-0.15, -0.1) is 0 Å². The number of halogens is 4. The first-order valence-corrected chi connectivity index (χ1v) is 10.9. The van der Waals surface area contributed by atoms with Crippen LogP contribution in [0.3, 0.4) is 0 Å². The summed E-state index contributed by atoms with van der Waals surface area (Å²) in [7, 11) is 0. The number of benzene rings is 3. The van der Waals surface area contributed by atoms with Gasteiger partial charge >= 0.3 is 6.18 Å². The van der Waals surface area contributed by atoms with E-state index in [1.165, 1.54) is 24.3 Å². The number of para-hydroxylation sites is 1. The van der Waals surface area contributed by atoms with Crippen molar-refractivity contribution in [3.63, 3.8) is 0 Å². The topological polar surface area (TPSA) is 75.4 Å². The molecule has 5 rings (SSSR count). The van der Waals surface area contributed by atoms with Gasteiger partial charge in [-0.1, -0.05) is 17.3 Å². The van der Waals surface area contributed by atoms with Crippen molar-refractivity contribution in [2.24, 2.45) is 0 Å². The normalized spacial score (nSPS) is 12.9. The fourth-order valence-electron chi connectivity index (χ4n) is 4.06. The molecule has 2 heterocycles. The molecule has 0 saturated carbocycles. The van der Waals surface area contributed by atoms with E-state index in [4.69, 9.17) is 4.52 Å². The van der Waals surface area contributed by atoms with E-state index >= 15 is 0 Å². The monoisotopic (exact) mass is 495 g/mol. The summed E-state index contributed by atoms with van der Waals surface area (Å²) in [5.41, 5.74) is 1.05. The second-order valence-corrected chi connectivity index (χ2v) is 8.13. The molecule has 2 amide bonds. The van der Waals surface area contributed by atoms with Crippen LogP contribution < -0.4 is 10.2 Å². The molecule has 0 aliphatic carbocycles. The van der Waals surface area contributed by atoms with Crippen molar-refractivity contribution >= 4 is 23.2 Å². The van der Waals surface area contributed by atoms with Gasteiger partial charge in [0, 0.05) is 34.5 Å². The van der Waals surface area contributed by atoms with Crippen LogP contribution in [0.25, 0.3) is 11.3 Å². The maximum absolute atomic E-state index is 13.5. The molecule has 0 atom stereocenters. The van der Waals surface area contributed by atoms with Crippen molar-refractivity contribution in [3.05, 3.63) is 101 Å². The Labute approximate surface area is 202 Å². The fourth-order valence-corrected chi connectivity index (χ4v) is 4.06. The Hall–Kier alpha value is -4.47. The third-order valence-electron chi connectivity index (χ3n) is 5.86. The lowest BCUT2D eigenvalue weighted by molar-refractivity contribution is -0.140. The molecule has 182 valence electrons. The molecule has 1 aliphatic heterocycles. The number of hydrogen-bond donors (Lipinski definition) is 1. The van der Waals surface area contributed by atoms with Gasteiger partial charge in [0.05, 0.1) is 17.4 Å². The molecule has 10 heteroatoms. The molecule has 0 spiro atoms. The van der Waals surface area contributed by atoms with Gasteiger partial charge in [-0.25, -0.2) is 4.39 Å². The van der Waals surface area contributed by atoms with Crippen LogP contribution in [0.5, 0.6) is 0 Å². The lowest BCUT2D eigenvalue weighted by Crippen LogP contribution is -2.32. The number of alkyl halides is 3. The quantitative estimate of drug-likeness (QED) is 0.356. The minimum absolute atomic E-state index is 0.260. The van der Waals surface area contributed by atoms with Crippen LogP contribution in [0.4, 0.5) is 28.9 Å². The van der Waals surface area contributed by atoms with E-state index in [1.54, 1.807) is 11.1 Å².